The zero-order chi connectivity index (χ0) is 19.2. The van der Waals surface area contributed by atoms with Crippen molar-refractivity contribution in [2.75, 3.05) is 23.7 Å². The number of amides is 1. The lowest BCUT2D eigenvalue weighted by Crippen LogP contribution is -2.35. The molecule has 0 aliphatic heterocycles. The topological polar surface area (TPSA) is 66.5 Å². The monoisotopic (exact) mass is 394 g/mol. The quantitative estimate of drug-likeness (QED) is 0.747. The van der Waals surface area contributed by atoms with Gasteiger partial charge in [-0.2, -0.15) is 0 Å². The Labute approximate surface area is 160 Å². The third-order valence-electron chi connectivity index (χ3n) is 3.95. The fraction of sp³-hybridized carbons (Fsp3) is 0.316. The van der Waals surface area contributed by atoms with Crippen molar-refractivity contribution in [2.24, 2.45) is 0 Å². The second kappa shape index (κ2) is 9.05. The molecule has 2 rings (SSSR count). The number of sulfonamides is 1. The highest BCUT2D eigenvalue weighted by Crippen LogP contribution is 2.22. The van der Waals surface area contributed by atoms with Crippen molar-refractivity contribution in [1.82, 2.24) is 5.32 Å². The zero-order valence-corrected chi connectivity index (χ0v) is 16.5. The Morgan fingerprint density at radius 2 is 1.88 bits per heavy atom. The first-order valence-electron chi connectivity index (χ1n) is 8.32. The summed E-state index contributed by atoms with van der Waals surface area (Å²) >= 11 is 5.93. The maximum atomic E-state index is 12.1. The molecule has 0 aliphatic rings. The van der Waals surface area contributed by atoms with E-state index >= 15 is 0 Å². The van der Waals surface area contributed by atoms with Gasteiger partial charge in [-0.15, -0.1) is 0 Å². The average Bonchev–Trinajstić information content (AvgIpc) is 2.55. The minimum Gasteiger partial charge on any atom is -0.356 e. The molecule has 0 heterocycles. The summed E-state index contributed by atoms with van der Waals surface area (Å²) < 4.78 is 25.5. The van der Waals surface area contributed by atoms with Crippen molar-refractivity contribution >= 4 is 33.2 Å². The van der Waals surface area contributed by atoms with Crippen molar-refractivity contribution in [3.63, 3.8) is 0 Å². The molecule has 2 aromatic carbocycles. The summed E-state index contributed by atoms with van der Waals surface area (Å²) in [6.07, 6.45) is 1.91. The van der Waals surface area contributed by atoms with Crippen LogP contribution in [0.1, 0.15) is 17.5 Å². The molecule has 0 spiro atoms. The van der Waals surface area contributed by atoms with Gasteiger partial charge in [0.1, 0.15) is 0 Å². The molecule has 0 atom stereocenters. The van der Waals surface area contributed by atoms with E-state index < -0.39 is 10.0 Å². The van der Waals surface area contributed by atoms with Crippen LogP contribution in [0, 0.1) is 6.92 Å². The Morgan fingerprint density at radius 3 is 2.54 bits per heavy atom. The minimum absolute atomic E-state index is 0.0942. The number of nitrogens with zero attached hydrogens (tertiary/aromatic N) is 1. The van der Waals surface area contributed by atoms with Gasteiger partial charge in [0.25, 0.3) is 0 Å². The van der Waals surface area contributed by atoms with Crippen LogP contribution in [0.15, 0.2) is 48.5 Å². The van der Waals surface area contributed by atoms with Gasteiger partial charge in [0.2, 0.25) is 15.9 Å². The number of hydrogen-bond acceptors (Lipinski definition) is 3. The summed E-state index contributed by atoms with van der Waals surface area (Å²) in [6.45, 7) is 2.42. The molecular formula is C19H23ClN2O3S. The number of hydrogen-bond donors (Lipinski definition) is 1. The van der Waals surface area contributed by atoms with Gasteiger partial charge >= 0.3 is 0 Å². The zero-order valence-electron chi connectivity index (χ0n) is 14.9. The van der Waals surface area contributed by atoms with Crippen LogP contribution in [-0.4, -0.2) is 33.7 Å². The number of aryl methyl sites for hydroxylation is 1. The predicted octanol–water partition coefficient (Wildman–Crippen LogP) is 3.16. The molecule has 2 aromatic rings. The van der Waals surface area contributed by atoms with Crippen molar-refractivity contribution in [3.05, 3.63) is 64.7 Å². The Bertz CT molecular complexity index is 869. The third kappa shape index (κ3) is 6.04. The fourth-order valence-corrected chi connectivity index (χ4v) is 3.84. The third-order valence-corrected chi connectivity index (χ3v) is 5.37. The van der Waals surface area contributed by atoms with Crippen LogP contribution >= 0.6 is 11.6 Å². The van der Waals surface area contributed by atoms with E-state index in [9.17, 15) is 13.2 Å². The van der Waals surface area contributed by atoms with Crippen LogP contribution < -0.4 is 9.62 Å². The summed E-state index contributed by atoms with van der Waals surface area (Å²) in [5, 5.41) is 3.48. The van der Waals surface area contributed by atoms with Crippen LogP contribution in [0.25, 0.3) is 0 Å². The number of para-hydroxylation sites is 1. The normalized spacial score (nSPS) is 11.2. The van der Waals surface area contributed by atoms with Gasteiger partial charge in [0.05, 0.1) is 11.9 Å². The second-order valence-electron chi connectivity index (χ2n) is 6.10. The van der Waals surface area contributed by atoms with E-state index in [1.54, 1.807) is 18.2 Å². The number of carbonyl (C=O) groups is 1. The van der Waals surface area contributed by atoms with E-state index in [1.165, 1.54) is 4.31 Å². The molecule has 7 heteroatoms. The van der Waals surface area contributed by atoms with Crippen molar-refractivity contribution in [3.8, 4) is 0 Å². The Kier molecular flexibility index (Phi) is 7.06. The summed E-state index contributed by atoms with van der Waals surface area (Å²) in [5.74, 6) is -0.186. The van der Waals surface area contributed by atoms with Gasteiger partial charge in [-0.1, -0.05) is 41.9 Å². The number of halogens is 1. The fourth-order valence-electron chi connectivity index (χ4n) is 2.64. The number of rotatable bonds is 8. The van der Waals surface area contributed by atoms with E-state index in [0.29, 0.717) is 23.7 Å². The smallest absolute Gasteiger partial charge is 0.232 e. The largest absolute Gasteiger partial charge is 0.356 e. The highest BCUT2D eigenvalue weighted by atomic mass is 35.5. The van der Waals surface area contributed by atoms with Gasteiger partial charge in [-0.25, -0.2) is 8.42 Å². The van der Waals surface area contributed by atoms with Crippen LogP contribution in [-0.2, 0) is 21.2 Å². The van der Waals surface area contributed by atoms with E-state index in [4.69, 9.17) is 11.6 Å². The Hall–Kier alpha value is -2.05. The van der Waals surface area contributed by atoms with Gasteiger partial charge in [0.15, 0.2) is 0 Å². The maximum absolute atomic E-state index is 12.1. The Morgan fingerprint density at radius 1 is 1.15 bits per heavy atom. The number of carbonyl (C=O) groups excluding carboxylic acids is 1. The van der Waals surface area contributed by atoms with Crippen molar-refractivity contribution < 1.29 is 13.2 Å². The molecule has 0 aliphatic carbocycles. The molecule has 140 valence electrons. The van der Waals surface area contributed by atoms with Crippen LogP contribution in [0.3, 0.4) is 0 Å². The lowest BCUT2D eigenvalue weighted by atomic mass is 10.1. The molecule has 0 saturated heterocycles. The van der Waals surface area contributed by atoms with E-state index in [-0.39, 0.29) is 18.9 Å². The summed E-state index contributed by atoms with van der Waals surface area (Å²) in [4.78, 5) is 12.1. The predicted molar refractivity (Wildman–Crippen MR) is 106 cm³/mol. The molecule has 0 fully saturated rings. The first-order chi connectivity index (χ1) is 12.3. The minimum atomic E-state index is -3.47. The molecule has 0 aromatic heterocycles. The maximum Gasteiger partial charge on any atom is 0.232 e. The van der Waals surface area contributed by atoms with E-state index in [2.05, 4.69) is 5.32 Å². The summed E-state index contributed by atoms with van der Waals surface area (Å²) in [6, 6.07) is 14.7. The molecule has 0 saturated carbocycles. The molecule has 26 heavy (non-hydrogen) atoms. The number of benzene rings is 2. The van der Waals surface area contributed by atoms with Gasteiger partial charge in [-0.3, -0.25) is 9.10 Å². The standard InChI is InChI=1S/C19H23ClN2O3S/c1-15-6-3-4-9-18(15)22(26(2,24)25)13-11-19(23)21-12-10-16-7-5-8-17(20)14-16/h3-9,14H,10-13H2,1-2H3,(H,21,23). The first kappa shape index (κ1) is 20.3. The first-order valence-corrected chi connectivity index (χ1v) is 10.5. The van der Waals surface area contributed by atoms with Crippen molar-refractivity contribution in [2.45, 2.75) is 19.8 Å². The molecule has 1 amide bonds. The van der Waals surface area contributed by atoms with Crippen LogP contribution in [0.5, 0.6) is 0 Å². The highest BCUT2D eigenvalue weighted by molar-refractivity contribution is 7.92. The molecule has 0 bridgehead atoms. The lowest BCUT2D eigenvalue weighted by Gasteiger charge is -2.23. The Balaban J connectivity index is 1.90. The molecular weight excluding hydrogens is 372 g/mol. The number of nitrogens with one attached hydrogen (secondary N) is 1. The van der Waals surface area contributed by atoms with Crippen molar-refractivity contribution in [1.29, 1.82) is 0 Å². The van der Waals surface area contributed by atoms with Crippen LogP contribution in [0.4, 0.5) is 5.69 Å². The average molecular weight is 395 g/mol. The summed E-state index contributed by atoms with van der Waals surface area (Å²) in [5.41, 5.74) is 2.48. The molecule has 0 radical (unpaired) electrons. The van der Waals surface area contributed by atoms with E-state index in [0.717, 1.165) is 17.4 Å². The van der Waals surface area contributed by atoms with Gasteiger partial charge in [-0.05, 0) is 42.7 Å². The van der Waals surface area contributed by atoms with Gasteiger partial charge in [0, 0.05) is 24.5 Å². The summed E-state index contributed by atoms with van der Waals surface area (Å²) in [7, 11) is -3.47. The van der Waals surface area contributed by atoms with Gasteiger partial charge < -0.3 is 5.32 Å². The second-order valence-corrected chi connectivity index (χ2v) is 8.44. The van der Waals surface area contributed by atoms with Crippen LogP contribution in [0.2, 0.25) is 5.02 Å². The SMILES string of the molecule is Cc1ccccc1N(CCC(=O)NCCc1cccc(Cl)c1)S(C)(=O)=O. The van der Waals surface area contributed by atoms with E-state index in [1.807, 2.05) is 37.3 Å². The lowest BCUT2D eigenvalue weighted by molar-refractivity contribution is -0.120. The number of anilines is 1. The highest BCUT2D eigenvalue weighted by Gasteiger charge is 2.19. The molecule has 1 N–H and O–H groups in total. The molecule has 0 unspecified atom stereocenters. The molecule has 5 nitrogen and oxygen atoms in total.